The molecule has 0 heterocycles. The van der Waals surface area contributed by atoms with Crippen molar-refractivity contribution < 1.29 is 13.3 Å². The lowest BCUT2D eigenvalue weighted by Crippen LogP contribution is -1.98. The second-order valence-corrected chi connectivity index (χ2v) is 6.33. The summed E-state index contributed by atoms with van der Waals surface area (Å²) in [4.78, 5) is 9.56. The second-order valence-electron chi connectivity index (χ2n) is 3.80. The van der Waals surface area contributed by atoms with Crippen LogP contribution in [0.2, 0.25) is 0 Å². The summed E-state index contributed by atoms with van der Waals surface area (Å²) in [6.45, 7) is 3.68. The van der Waals surface area contributed by atoms with Crippen LogP contribution in [0, 0.1) is 27.9 Å². The number of hydrogen-bond acceptors (Lipinski definition) is 4. The molecule has 0 atom stereocenters. The lowest BCUT2D eigenvalue weighted by Gasteiger charge is -2.00. The highest BCUT2D eigenvalue weighted by Gasteiger charge is 2.19. The molecule has 0 aromatic heterocycles. The molecular formula is C11H10ClNO4S. The van der Waals surface area contributed by atoms with Crippen LogP contribution in [0.25, 0.3) is 0 Å². The largest absolute Gasteiger partial charge is 0.270 e. The van der Waals surface area contributed by atoms with Crippen molar-refractivity contribution in [3.8, 4) is 11.8 Å². The first-order valence-electron chi connectivity index (χ1n) is 4.96. The van der Waals surface area contributed by atoms with Crippen LogP contribution >= 0.6 is 10.7 Å². The predicted molar refractivity (Wildman–Crippen MR) is 67.9 cm³/mol. The predicted octanol–water partition coefficient (Wildman–Crippen LogP) is 2.53. The first-order valence-corrected chi connectivity index (χ1v) is 7.27. The van der Waals surface area contributed by atoms with Crippen LogP contribution in [0.1, 0.15) is 19.4 Å². The number of benzene rings is 1. The van der Waals surface area contributed by atoms with E-state index in [1.54, 1.807) is 0 Å². The first kappa shape index (κ1) is 14.5. The average Bonchev–Trinajstić information content (AvgIpc) is 2.24. The molecule has 1 aromatic rings. The maximum Gasteiger partial charge on any atom is 0.270 e. The van der Waals surface area contributed by atoms with Gasteiger partial charge in [0.1, 0.15) is 4.90 Å². The molecule has 0 bridgehead atoms. The van der Waals surface area contributed by atoms with E-state index in [0.29, 0.717) is 0 Å². The van der Waals surface area contributed by atoms with E-state index >= 15 is 0 Å². The maximum atomic E-state index is 11.3. The Balaban J connectivity index is 3.46. The van der Waals surface area contributed by atoms with Crippen molar-refractivity contribution in [2.75, 3.05) is 0 Å². The van der Waals surface area contributed by atoms with Gasteiger partial charge < -0.3 is 0 Å². The summed E-state index contributed by atoms with van der Waals surface area (Å²) in [7, 11) is 1.17. The Labute approximate surface area is 109 Å². The summed E-state index contributed by atoms with van der Waals surface area (Å²) in [5.74, 6) is 5.48. The van der Waals surface area contributed by atoms with Gasteiger partial charge in [0.2, 0.25) is 0 Å². The Morgan fingerprint density at radius 3 is 2.44 bits per heavy atom. The summed E-state index contributed by atoms with van der Waals surface area (Å²) < 4.78 is 22.7. The lowest BCUT2D eigenvalue weighted by molar-refractivity contribution is -0.385. The molecule has 96 valence electrons. The van der Waals surface area contributed by atoms with Crippen LogP contribution in [0.3, 0.4) is 0 Å². The number of nitrogens with zero attached hydrogens (tertiary/aromatic N) is 1. The minimum atomic E-state index is -4.07. The average molecular weight is 288 g/mol. The van der Waals surface area contributed by atoms with E-state index in [9.17, 15) is 18.5 Å². The normalized spacial score (nSPS) is 10.9. The zero-order chi connectivity index (χ0) is 13.9. The molecule has 0 saturated heterocycles. The fourth-order valence-electron chi connectivity index (χ4n) is 1.15. The van der Waals surface area contributed by atoms with Crippen LogP contribution in [0.15, 0.2) is 23.1 Å². The summed E-state index contributed by atoms with van der Waals surface area (Å²) in [5, 5.41) is 10.6. The number of nitro benzene ring substituents is 1. The van der Waals surface area contributed by atoms with Crippen LogP contribution < -0.4 is 0 Å². The minimum Gasteiger partial charge on any atom is -0.258 e. The number of halogens is 1. The molecular weight excluding hydrogens is 278 g/mol. The van der Waals surface area contributed by atoms with Crippen LogP contribution in [-0.2, 0) is 9.05 Å². The van der Waals surface area contributed by atoms with Gasteiger partial charge in [-0.2, -0.15) is 0 Å². The number of non-ortho nitro benzene ring substituents is 1. The number of hydrogen-bond donors (Lipinski definition) is 0. The Kier molecular flexibility index (Phi) is 4.33. The molecule has 0 radical (unpaired) electrons. The minimum absolute atomic E-state index is 0.0473. The molecule has 0 fully saturated rings. The molecule has 0 unspecified atom stereocenters. The number of rotatable bonds is 2. The highest BCUT2D eigenvalue weighted by Crippen LogP contribution is 2.24. The Hall–Kier alpha value is -1.58. The molecule has 1 aromatic carbocycles. The fourth-order valence-corrected chi connectivity index (χ4v) is 2.18. The van der Waals surface area contributed by atoms with Crippen molar-refractivity contribution in [1.82, 2.24) is 0 Å². The third kappa shape index (κ3) is 3.72. The van der Waals surface area contributed by atoms with E-state index in [4.69, 9.17) is 10.7 Å². The standard InChI is InChI=1S/C11H10ClNO4S/c1-8(2)3-4-9-5-6-10(13(14)15)7-11(9)18(12,16)17/h5-8H,1-2H3. The highest BCUT2D eigenvalue weighted by atomic mass is 35.7. The molecule has 0 saturated carbocycles. The fraction of sp³-hybridized carbons (Fsp3) is 0.273. The van der Waals surface area contributed by atoms with E-state index in [2.05, 4.69) is 11.8 Å². The highest BCUT2D eigenvalue weighted by molar-refractivity contribution is 8.13. The van der Waals surface area contributed by atoms with E-state index in [0.717, 1.165) is 6.07 Å². The Bertz CT molecular complexity index is 641. The van der Waals surface area contributed by atoms with E-state index in [1.165, 1.54) is 12.1 Å². The maximum absolute atomic E-state index is 11.3. The van der Waals surface area contributed by atoms with Crippen molar-refractivity contribution >= 4 is 25.4 Å². The van der Waals surface area contributed by atoms with Gasteiger partial charge in [-0.25, -0.2) is 8.42 Å². The van der Waals surface area contributed by atoms with Crippen molar-refractivity contribution in [3.63, 3.8) is 0 Å². The summed E-state index contributed by atoms with van der Waals surface area (Å²) in [6.07, 6.45) is 0. The number of nitro groups is 1. The third-order valence-electron chi connectivity index (χ3n) is 1.93. The van der Waals surface area contributed by atoms with Crippen molar-refractivity contribution in [2.45, 2.75) is 18.7 Å². The molecule has 0 aliphatic rings. The first-order chi connectivity index (χ1) is 8.21. The zero-order valence-corrected chi connectivity index (χ0v) is 11.2. The lowest BCUT2D eigenvalue weighted by atomic mass is 10.1. The Morgan fingerprint density at radius 2 is 2.00 bits per heavy atom. The van der Waals surface area contributed by atoms with Crippen LogP contribution in [0.5, 0.6) is 0 Å². The van der Waals surface area contributed by atoms with Gasteiger partial charge in [0.25, 0.3) is 14.7 Å². The van der Waals surface area contributed by atoms with Gasteiger partial charge in [0, 0.05) is 34.3 Å². The van der Waals surface area contributed by atoms with Gasteiger partial charge in [-0.3, -0.25) is 10.1 Å². The van der Waals surface area contributed by atoms with Crippen molar-refractivity contribution in [2.24, 2.45) is 5.92 Å². The zero-order valence-electron chi connectivity index (χ0n) is 9.68. The monoisotopic (exact) mass is 287 g/mol. The molecule has 0 aliphatic heterocycles. The van der Waals surface area contributed by atoms with Crippen molar-refractivity contribution in [1.29, 1.82) is 0 Å². The van der Waals surface area contributed by atoms with E-state index in [-0.39, 0.29) is 22.1 Å². The smallest absolute Gasteiger partial charge is 0.258 e. The molecule has 18 heavy (non-hydrogen) atoms. The van der Waals surface area contributed by atoms with Gasteiger partial charge in [-0.05, 0) is 6.07 Å². The molecule has 0 spiro atoms. The van der Waals surface area contributed by atoms with Crippen molar-refractivity contribution in [3.05, 3.63) is 33.9 Å². The topological polar surface area (TPSA) is 77.3 Å². The SMILES string of the molecule is CC(C)C#Cc1ccc([N+](=O)[O-])cc1S(=O)(=O)Cl. The Morgan fingerprint density at radius 1 is 1.39 bits per heavy atom. The van der Waals surface area contributed by atoms with Gasteiger partial charge in [-0.15, -0.1) is 0 Å². The molecule has 0 amide bonds. The van der Waals surface area contributed by atoms with Crippen LogP contribution in [0.4, 0.5) is 5.69 Å². The van der Waals surface area contributed by atoms with Gasteiger partial charge >= 0.3 is 0 Å². The summed E-state index contributed by atoms with van der Waals surface area (Å²) in [6, 6.07) is 3.38. The van der Waals surface area contributed by atoms with Crippen LogP contribution in [-0.4, -0.2) is 13.3 Å². The quantitative estimate of drug-likeness (QED) is 0.362. The van der Waals surface area contributed by atoms with Gasteiger partial charge in [-0.1, -0.05) is 25.7 Å². The molecule has 0 aliphatic carbocycles. The van der Waals surface area contributed by atoms with Gasteiger partial charge in [0.15, 0.2) is 0 Å². The van der Waals surface area contributed by atoms with Gasteiger partial charge in [0.05, 0.1) is 4.92 Å². The van der Waals surface area contributed by atoms with E-state index < -0.39 is 14.0 Å². The summed E-state index contributed by atoms with van der Waals surface area (Å²) >= 11 is 0. The molecule has 5 nitrogen and oxygen atoms in total. The van der Waals surface area contributed by atoms with E-state index in [1.807, 2.05) is 13.8 Å². The summed E-state index contributed by atoms with van der Waals surface area (Å²) in [5.41, 5.74) is -0.186. The third-order valence-corrected chi connectivity index (χ3v) is 3.30. The molecule has 1 rings (SSSR count). The second kappa shape index (κ2) is 5.38. The molecule has 7 heteroatoms. The molecule has 0 N–H and O–H groups in total.